The molecular formula is C14H14BrClN2O4S3. The molecule has 1 aromatic heterocycles. The van der Waals surface area contributed by atoms with Gasteiger partial charge in [0.25, 0.3) is 10.0 Å². The minimum atomic E-state index is -3.64. The van der Waals surface area contributed by atoms with E-state index in [1.54, 1.807) is 12.1 Å². The summed E-state index contributed by atoms with van der Waals surface area (Å²) in [4.78, 5) is 0.192. The zero-order valence-corrected chi connectivity index (χ0v) is 17.6. The molecule has 6 nitrogen and oxygen atoms in total. The van der Waals surface area contributed by atoms with Crippen LogP contribution < -0.4 is 0 Å². The Labute approximate surface area is 164 Å². The van der Waals surface area contributed by atoms with Crippen molar-refractivity contribution < 1.29 is 16.8 Å². The molecule has 2 aromatic rings. The highest BCUT2D eigenvalue weighted by Crippen LogP contribution is 2.29. The Morgan fingerprint density at radius 2 is 1.36 bits per heavy atom. The Balaban J connectivity index is 1.74. The molecule has 0 bridgehead atoms. The SMILES string of the molecule is O=S(=O)(c1ccc(Br)cc1)N1CCN(S(=O)(=O)c2ccc(Cl)s2)CC1. The maximum Gasteiger partial charge on any atom is 0.252 e. The van der Waals surface area contributed by atoms with E-state index >= 15 is 0 Å². The van der Waals surface area contributed by atoms with Gasteiger partial charge in [-0.2, -0.15) is 8.61 Å². The molecule has 1 aromatic carbocycles. The predicted octanol–water partition coefficient (Wildman–Crippen LogP) is 2.86. The van der Waals surface area contributed by atoms with Crippen LogP contribution in [0, 0.1) is 0 Å². The number of hydrogen-bond donors (Lipinski definition) is 0. The number of halogens is 2. The van der Waals surface area contributed by atoms with Crippen molar-refractivity contribution in [3.63, 3.8) is 0 Å². The van der Waals surface area contributed by atoms with Gasteiger partial charge in [-0.05, 0) is 36.4 Å². The molecular weight excluding hydrogens is 472 g/mol. The molecule has 3 rings (SSSR count). The number of sulfonamides is 2. The van der Waals surface area contributed by atoms with Crippen LogP contribution in [0.5, 0.6) is 0 Å². The third-order valence-electron chi connectivity index (χ3n) is 3.79. The second-order valence-corrected chi connectivity index (χ2v) is 12.1. The number of benzene rings is 1. The predicted molar refractivity (Wildman–Crippen MR) is 101 cm³/mol. The largest absolute Gasteiger partial charge is 0.252 e. The fraction of sp³-hybridized carbons (Fsp3) is 0.286. The normalized spacial score (nSPS) is 17.7. The van der Waals surface area contributed by atoms with E-state index in [-0.39, 0.29) is 35.3 Å². The van der Waals surface area contributed by atoms with Crippen LogP contribution in [0.2, 0.25) is 4.34 Å². The Kier molecular flexibility index (Phi) is 5.60. The van der Waals surface area contributed by atoms with Gasteiger partial charge in [0.15, 0.2) is 0 Å². The van der Waals surface area contributed by atoms with Gasteiger partial charge >= 0.3 is 0 Å². The zero-order valence-electron chi connectivity index (χ0n) is 12.8. The van der Waals surface area contributed by atoms with Crippen LogP contribution in [-0.2, 0) is 20.0 Å². The van der Waals surface area contributed by atoms with E-state index in [9.17, 15) is 16.8 Å². The molecule has 0 amide bonds. The van der Waals surface area contributed by atoms with E-state index in [1.807, 2.05) is 0 Å². The molecule has 0 aliphatic carbocycles. The molecule has 2 heterocycles. The van der Waals surface area contributed by atoms with Crippen molar-refractivity contribution in [3.05, 3.63) is 45.2 Å². The number of thiophene rings is 1. The maximum absolute atomic E-state index is 12.7. The van der Waals surface area contributed by atoms with E-state index < -0.39 is 20.0 Å². The third-order valence-corrected chi connectivity index (χ3v) is 9.83. The smallest absolute Gasteiger partial charge is 0.207 e. The van der Waals surface area contributed by atoms with E-state index in [0.717, 1.165) is 15.8 Å². The van der Waals surface area contributed by atoms with Gasteiger partial charge in [0.2, 0.25) is 10.0 Å². The third kappa shape index (κ3) is 3.95. The zero-order chi connectivity index (χ0) is 18.2. The van der Waals surface area contributed by atoms with Crippen LogP contribution in [-0.4, -0.2) is 51.6 Å². The van der Waals surface area contributed by atoms with Gasteiger partial charge in [0.05, 0.1) is 9.23 Å². The quantitative estimate of drug-likeness (QED) is 0.667. The van der Waals surface area contributed by atoms with E-state index in [4.69, 9.17) is 11.6 Å². The molecule has 0 spiro atoms. The molecule has 0 radical (unpaired) electrons. The fourth-order valence-electron chi connectivity index (χ4n) is 2.47. The van der Waals surface area contributed by atoms with Gasteiger partial charge in [-0.3, -0.25) is 0 Å². The topological polar surface area (TPSA) is 74.8 Å². The first kappa shape index (κ1) is 19.3. The summed E-state index contributed by atoms with van der Waals surface area (Å²) in [6.07, 6.45) is 0. The van der Waals surface area contributed by atoms with Gasteiger partial charge in [0, 0.05) is 30.7 Å². The van der Waals surface area contributed by atoms with Crippen LogP contribution in [0.25, 0.3) is 0 Å². The van der Waals surface area contributed by atoms with Crippen LogP contribution in [0.3, 0.4) is 0 Å². The van der Waals surface area contributed by atoms with Crippen LogP contribution >= 0.6 is 38.9 Å². The number of rotatable bonds is 4. The maximum atomic E-state index is 12.7. The van der Waals surface area contributed by atoms with Crippen molar-refractivity contribution in [3.8, 4) is 0 Å². The highest BCUT2D eigenvalue weighted by atomic mass is 79.9. The summed E-state index contributed by atoms with van der Waals surface area (Å²) in [6, 6.07) is 9.37. The first-order chi connectivity index (χ1) is 11.7. The molecule has 1 aliphatic heterocycles. The first-order valence-electron chi connectivity index (χ1n) is 7.22. The molecule has 0 saturated carbocycles. The summed E-state index contributed by atoms with van der Waals surface area (Å²) in [5.41, 5.74) is 0. The Morgan fingerprint density at radius 1 is 0.840 bits per heavy atom. The van der Waals surface area contributed by atoms with E-state index in [2.05, 4.69) is 15.9 Å². The first-order valence-corrected chi connectivity index (χ1v) is 12.1. The average molecular weight is 486 g/mol. The number of hydrogen-bond acceptors (Lipinski definition) is 5. The Bertz CT molecular complexity index is 966. The van der Waals surface area contributed by atoms with Gasteiger partial charge in [-0.1, -0.05) is 27.5 Å². The molecule has 0 N–H and O–H groups in total. The van der Waals surface area contributed by atoms with E-state index in [0.29, 0.717) is 4.34 Å². The molecule has 136 valence electrons. The summed E-state index contributed by atoms with van der Waals surface area (Å²) < 4.78 is 54.4. The minimum Gasteiger partial charge on any atom is -0.207 e. The van der Waals surface area contributed by atoms with Crippen molar-refractivity contribution in [1.29, 1.82) is 0 Å². The summed E-state index contributed by atoms with van der Waals surface area (Å²) in [6.45, 7) is 0.425. The van der Waals surface area contributed by atoms with Crippen LogP contribution in [0.4, 0.5) is 0 Å². The van der Waals surface area contributed by atoms with Crippen molar-refractivity contribution in [2.75, 3.05) is 26.2 Å². The van der Waals surface area contributed by atoms with Crippen molar-refractivity contribution in [1.82, 2.24) is 8.61 Å². The lowest BCUT2D eigenvalue weighted by Crippen LogP contribution is -2.50. The Hall–Kier alpha value is -0.490. The summed E-state index contributed by atoms with van der Waals surface area (Å²) in [5, 5.41) is 0. The summed E-state index contributed by atoms with van der Waals surface area (Å²) in [7, 11) is -7.28. The summed E-state index contributed by atoms with van der Waals surface area (Å²) in [5.74, 6) is 0. The molecule has 1 aliphatic rings. The fourth-order valence-corrected chi connectivity index (χ4v) is 7.22. The van der Waals surface area contributed by atoms with Gasteiger partial charge < -0.3 is 0 Å². The molecule has 0 unspecified atom stereocenters. The molecule has 11 heteroatoms. The lowest BCUT2D eigenvalue weighted by molar-refractivity contribution is 0.273. The molecule has 1 fully saturated rings. The van der Waals surface area contributed by atoms with Crippen molar-refractivity contribution >= 4 is 58.9 Å². The lowest BCUT2D eigenvalue weighted by atomic mass is 10.4. The van der Waals surface area contributed by atoms with E-state index in [1.165, 1.54) is 32.9 Å². The number of nitrogens with zero attached hydrogens (tertiary/aromatic N) is 2. The average Bonchev–Trinajstić information content (AvgIpc) is 3.03. The second-order valence-electron chi connectivity index (χ2n) is 5.32. The van der Waals surface area contributed by atoms with Gasteiger partial charge in [-0.15, -0.1) is 11.3 Å². The summed E-state index contributed by atoms with van der Waals surface area (Å²) >= 11 is 10.1. The van der Waals surface area contributed by atoms with Crippen LogP contribution in [0.15, 0.2) is 50.0 Å². The van der Waals surface area contributed by atoms with Crippen LogP contribution in [0.1, 0.15) is 0 Å². The second kappa shape index (κ2) is 7.26. The van der Waals surface area contributed by atoms with Crippen molar-refractivity contribution in [2.24, 2.45) is 0 Å². The molecule has 1 saturated heterocycles. The minimum absolute atomic E-state index is 0.105. The molecule has 0 atom stereocenters. The molecule has 25 heavy (non-hydrogen) atoms. The Morgan fingerprint density at radius 3 is 1.84 bits per heavy atom. The van der Waals surface area contributed by atoms with Gasteiger partial charge in [-0.25, -0.2) is 16.8 Å². The standard InChI is InChI=1S/C14H14BrClN2O4S3/c15-11-1-3-12(4-2-11)24(19,20)17-7-9-18(10-8-17)25(21,22)14-6-5-13(16)23-14/h1-6H,7-10H2. The monoisotopic (exact) mass is 484 g/mol. The lowest BCUT2D eigenvalue weighted by Gasteiger charge is -2.32. The highest BCUT2D eigenvalue weighted by Gasteiger charge is 2.34. The highest BCUT2D eigenvalue weighted by molar-refractivity contribution is 9.10. The van der Waals surface area contributed by atoms with Gasteiger partial charge in [0.1, 0.15) is 4.21 Å². The van der Waals surface area contributed by atoms with Crippen molar-refractivity contribution in [2.45, 2.75) is 9.10 Å². The number of piperazine rings is 1.